The van der Waals surface area contributed by atoms with Gasteiger partial charge in [0.15, 0.2) is 5.17 Å². The minimum atomic E-state index is -4.12. The predicted octanol–water partition coefficient (Wildman–Crippen LogP) is 2.86. The van der Waals surface area contributed by atoms with E-state index in [4.69, 9.17) is 0 Å². The molecule has 29 heavy (non-hydrogen) atoms. The lowest BCUT2D eigenvalue weighted by atomic mass is 10.2. The number of rotatable bonds is 6. The van der Waals surface area contributed by atoms with Crippen molar-refractivity contribution in [1.29, 1.82) is 0 Å². The second kappa shape index (κ2) is 8.75. The standard InChI is InChI=1S/C19H18FN3O4S2/c1-2-23-18(25)16(12-17(24)21-14-6-4-3-5-7-14)28-19(23)22-29(26,27)15-10-8-13(20)9-11-15/h3-11,16H,2,12H2,1H3,(H,21,24)/t16-/m0/s1. The van der Waals surface area contributed by atoms with Crippen LogP contribution in [0.2, 0.25) is 0 Å². The Morgan fingerprint density at radius 3 is 2.45 bits per heavy atom. The molecule has 0 bridgehead atoms. The van der Waals surface area contributed by atoms with Crippen molar-refractivity contribution >= 4 is 44.5 Å². The number of benzene rings is 2. The summed E-state index contributed by atoms with van der Waals surface area (Å²) in [6.07, 6.45) is -0.121. The van der Waals surface area contributed by atoms with Crippen LogP contribution in [0, 0.1) is 5.82 Å². The molecule has 2 aromatic carbocycles. The van der Waals surface area contributed by atoms with E-state index in [9.17, 15) is 22.4 Å². The molecule has 2 amide bonds. The minimum Gasteiger partial charge on any atom is -0.326 e. The van der Waals surface area contributed by atoms with Gasteiger partial charge in [-0.15, -0.1) is 4.40 Å². The number of carbonyl (C=O) groups excluding carboxylic acids is 2. The Hall–Kier alpha value is -2.72. The van der Waals surface area contributed by atoms with Crippen molar-refractivity contribution in [2.45, 2.75) is 23.5 Å². The number of nitrogens with zero attached hydrogens (tertiary/aromatic N) is 2. The first-order valence-corrected chi connectivity index (χ1v) is 11.1. The number of hydrogen-bond acceptors (Lipinski definition) is 5. The van der Waals surface area contributed by atoms with Crippen LogP contribution in [0.3, 0.4) is 0 Å². The molecule has 1 atom stereocenters. The van der Waals surface area contributed by atoms with E-state index in [-0.39, 0.29) is 34.8 Å². The van der Waals surface area contributed by atoms with Crippen LogP contribution >= 0.6 is 11.8 Å². The number of amidine groups is 1. The van der Waals surface area contributed by atoms with E-state index in [0.29, 0.717) is 5.69 Å². The van der Waals surface area contributed by atoms with Crippen molar-refractivity contribution in [1.82, 2.24) is 4.90 Å². The van der Waals surface area contributed by atoms with Crippen molar-refractivity contribution in [2.24, 2.45) is 4.40 Å². The monoisotopic (exact) mass is 435 g/mol. The largest absolute Gasteiger partial charge is 0.326 e. The highest BCUT2D eigenvalue weighted by molar-refractivity contribution is 8.16. The van der Waals surface area contributed by atoms with Crippen LogP contribution in [0.5, 0.6) is 0 Å². The Bertz CT molecular complexity index is 1040. The summed E-state index contributed by atoms with van der Waals surface area (Å²) in [5.74, 6) is -1.31. The molecule has 1 saturated heterocycles. The molecule has 0 unspecified atom stereocenters. The van der Waals surface area contributed by atoms with Crippen LogP contribution in [-0.4, -0.2) is 42.1 Å². The van der Waals surface area contributed by atoms with Gasteiger partial charge in [-0.1, -0.05) is 30.0 Å². The second-order valence-corrected chi connectivity index (χ2v) is 8.88. The lowest BCUT2D eigenvalue weighted by molar-refractivity contribution is -0.128. The zero-order chi connectivity index (χ0) is 21.0. The number of para-hydroxylation sites is 1. The predicted molar refractivity (Wildman–Crippen MR) is 109 cm³/mol. The molecule has 1 fully saturated rings. The summed E-state index contributed by atoms with van der Waals surface area (Å²) in [6, 6.07) is 13.1. The van der Waals surface area contributed by atoms with Gasteiger partial charge < -0.3 is 5.32 Å². The maximum Gasteiger partial charge on any atom is 0.284 e. The zero-order valence-corrected chi connectivity index (χ0v) is 17.0. The summed E-state index contributed by atoms with van der Waals surface area (Å²) in [4.78, 5) is 25.9. The Kier molecular flexibility index (Phi) is 6.33. The van der Waals surface area contributed by atoms with E-state index in [1.165, 1.54) is 4.90 Å². The van der Waals surface area contributed by atoms with Gasteiger partial charge in [0.2, 0.25) is 11.8 Å². The van der Waals surface area contributed by atoms with Gasteiger partial charge in [-0.2, -0.15) is 8.42 Å². The Labute approximate surface area is 172 Å². The molecule has 1 N–H and O–H groups in total. The summed E-state index contributed by atoms with van der Waals surface area (Å²) in [7, 11) is -4.12. The molecule has 0 aliphatic carbocycles. The number of sulfonamides is 1. The minimum absolute atomic E-state index is 0.000615. The molecule has 0 radical (unpaired) electrons. The summed E-state index contributed by atoms with van der Waals surface area (Å²) in [6.45, 7) is 1.89. The summed E-state index contributed by atoms with van der Waals surface area (Å²) in [5.41, 5.74) is 0.605. The van der Waals surface area contributed by atoms with E-state index < -0.39 is 21.1 Å². The molecule has 1 aliphatic heterocycles. The van der Waals surface area contributed by atoms with Gasteiger partial charge in [-0.25, -0.2) is 4.39 Å². The third-order valence-electron chi connectivity index (χ3n) is 4.07. The Balaban J connectivity index is 1.77. The topological polar surface area (TPSA) is 95.9 Å². The lowest BCUT2D eigenvalue weighted by Crippen LogP contribution is -2.33. The maximum atomic E-state index is 13.1. The van der Waals surface area contributed by atoms with E-state index in [1.807, 2.05) is 6.07 Å². The highest BCUT2D eigenvalue weighted by atomic mass is 32.2. The molecule has 1 heterocycles. The van der Waals surface area contributed by atoms with Crippen molar-refractivity contribution in [3.63, 3.8) is 0 Å². The van der Waals surface area contributed by atoms with Crippen LogP contribution < -0.4 is 5.32 Å². The highest BCUT2D eigenvalue weighted by Gasteiger charge is 2.39. The van der Waals surface area contributed by atoms with Gasteiger partial charge in [-0.05, 0) is 43.3 Å². The van der Waals surface area contributed by atoms with Crippen LogP contribution in [0.1, 0.15) is 13.3 Å². The van der Waals surface area contributed by atoms with E-state index in [1.54, 1.807) is 31.2 Å². The SMILES string of the molecule is CCN1C(=O)[C@H](CC(=O)Nc2ccccc2)SC1=NS(=O)(=O)c1ccc(F)cc1. The van der Waals surface area contributed by atoms with E-state index in [2.05, 4.69) is 9.71 Å². The summed E-state index contributed by atoms with van der Waals surface area (Å²) >= 11 is 0.927. The van der Waals surface area contributed by atoms with Gasteiger partial charge in [0, 0.05) is 18.7 Å². The Morgan fingerprint density at radius 2 is 1.83 bits per heavy atom. The van der Waals surface area contributed by atoms with Crippen LogP contribution in [0.15, 0.2) is 63.9 Å². The molecule has 0 saturated carbocycles. The summed E-state index contributed by atoms with van der Waals surface area (Å²) < 4.78 is 41.8. The molecular weight excluding hydrogens is 417 g/mol. The quantitative estimate of drug-likeness (QED) is 0.753. The fourth-order valence-corrected chi connectivity index (χ4v) is 5.08. The van der Waals surface area contributed by atoms with E-state index in [0.717, 1.165) is 36.0 Å². The fourth-order valence-electron chi connectivity index (χ4n) is 2.66. The lowest BCUT2D eigenvalue weighted by Gasteiger charge is -2.13. The Morgan fingerprint density at radius 1 is 1.17 bits per heavy atom. The van der Waals surface area contributed by atoms with E-state index >= 15 is 0 Å². The smallest absolute Gasteiger partial charge is 0.284 e. The van der Waals surface area contributed by atoms with Crippen molar-refractivity contribution < 1.29 is 22.4 Å². The first-order valence-electron chi connectivity index (χ1n) is 8.73. The van der Waals surface area contributed by atoms with Crippen molar-refractivity contribution in [3.05, 3.63) is 60.4 Å². The van der Waals surface area contributed by atoms with Gasteiger partial charge in [0.25, 0.3) is 10.0 Å². The second-order valence-electron chi connectivity index (χ2n) is 6.11. The number of nitrogens with one attached hydrogen (secondary N) is 1. The van der Waals surface area contributed by atoms with Gasteiger partial charge in [0.05, 0.1) is 4.90 Å². The molecular formula is C19H18FN3O4S2. The van der Waals surface area contributed by atoms with Gasteiger partial charge in [0.1, 0.15) is 11.1 Å². The van der Waals surface area contributed by atoms with Crippen LogP contribution in [0.25, 0.3) is 0 Å². The molecule has 10 heteroatoms. The first-order chi connectivity index (χ1) is 13.8. The fraction of sp³-hybridized carbons (Fsp3) is 0.211. The molecule has 152 valence electrons. The highest BCUT2D eigenvalue weighted by Crippen LogP contribution is 2.31. The number of hydrogen-bond donors (Lipinski definition) is 1. The molecule has 7 nitrogen and oxygen atoms in total. The van der Waals surface area contributed by atoms with Crippen molar-refractivity contribution in [2.75, 3.05) is 11.9 Å². The normalized spacial score (nSPS) is 18.3. The maximum absolute atomic E-state index is 13.1. The van der Waals surface area contributed by atoms with Crippen LogP contribution in [-0.2, 0) is 19.6 Å². The molecule has 2 aromatic rings. The third kappa shape index (κ3) is 5.01. The number of anilines is 1. The first kappa shape index (κ1) is 21.0. The number of carbonyl (C=O) groups is 2. The zero-order valence-electron chi connectivity index (χ0n) is 15.4. The summed E-state index contributed by atoms with van der Waals surface area (Å²) in [5, 5.41) is 1.92. The van der Waals surface area contributed by atoms with Crippen molar-refractivity contribution in [3.8, 4) is 0 Å². The van der Waals surface area contributed by atoms with Gasteiger partial charge >= 0.3 is 0 Å². The molecule has 3 rings (SSSR count). The average Bonchev–Trinajstić information content (AvgIpc) is 2.96. The molecule has 1 aliphatic rings. The number of amides is 2. The third-order valence-corrected chi connectivity index (χ3v) is 6.65. The molecule has 0 spiro atoms. The number of thioether (sulfide) groups is 1. The molecule has 0 aromatic heterocycles. The van der Waals surface area contributed by atoms with Gasteiger partial charge in [-0.3, -0.25) is 14.5 Å². The number of halogens is 1. The average molecular weight is 436 g/mol. The van der Waals surface area contributed by atoms with Crippen LogP contribution in [0.4, 0.5) is 10.1 Å².